The Balaban J connectivity index is 2.07. The maximum absolute atomic E-state index is 11.6. The summed E-state index contributed by atoms with van der Waals surface area (Å²) < 4.78 is 6.78. The zero-order valence-electron chi connectivity index (χ0n) is 11.7. The second kappa shape index (κ2) is 6.81. The third kappa shape index (κ3) is 3.64. The third-order valence-corrected chi connectivity index (χ3v) is 2.78. The molecule has 0 aliphatic carbocycles. The van der Waals surface area contributed by atoms with E-state index in [4.69, 9.17) is 4.74 Å². The highest BCUT2D eigenvalue weighted by atomic mass is 16.5. The van der Waals surface area contributed by atoms with E-state index < -0.39 is 0 Å². The van der Waals surface area contributed by atoms with Crippen LogP contribution in [-0.4, -0.2) is 33.9 Å². The van der Waals surface area contributed by atoms with Gasteiger partial charge >= 0.3 is 0 Å². The van der Waals surface area contributed by atoms with Gasteiger partial charge in [-0.15, -0.1) is 0 Å². The zero-order valence-corrected chi connectivity index (χ0v) is 11.7. The highest BCUT2D eigenvalue weighted by molar-refractivity contribution is 5.77. The molecular formula is C14H18N4O2. The standard InChI is InChI=1S/C14H18N4O2/c1-3-20-10-13(19)16-7-11-5-4-6-15-14(11)12-8-17-18(2)9-12/h4-6,8-9H,3,7,10H2,1-2H3,(H,16,19). The molecule has 0 radical (unpaired) electrons. The molecule has 0 unspecified atom stereocenters. The van der Waals surface area contributed by atoms with E-state index in [-0.39, 0.29) is 12.5 Å². The number of aryl methyl sites for hydroxylation is 1. The molecule has 1 N–H and O–H groups in total. The SMILES string of the molecule is CCOCC(=O)NCc1cccnc1-c1cnn(C)c1. The molecule has 20 heavy (non-hydrogen) atoms. The van der Waals surface area contributed by atoms with Crippen LogP contribution in [0.5, 0.6) is 0 Å². The highest BCUT2D eigenvalue weighted by Gasteiger charge is 2.09. The molecule has 6 heteroatoms. The van der Waals surface area contributed by atoms with Gasteiger partial charge in [0, 0.05) is 38.2 Å². The van der Waals surface area contributed by atoms with Crippen LogP contribution in [0.3, 0.4) is 0 Å². The van der Waals surface area contributed by atoms with Crippen molar-refractivity contribution < 1.29 is 9.53 Å². The Hall–Kier alpha value is -2.21. The van der Waals surface area contributed by atoms with E-state index in [2.05, 4.69) is 15.4 Å². The smallest absolute Gasteiger partial charge is 0.246 e. The normalized spacial score (nSPS) is 10.5. The van der Waals surface area contributed by atoms with Crippen LogP contribution < -0.4 is 5.32 Å². The van der Waals surface area contributed by atoms with Gasteiger partial charge in [0.1, 0.15) is 6.61 Å². The number of aromatic nitrogens is 3. The van der Waals surface area contributed by atoms with E-state index in [1.54, 1.807) is 17.1 Å². The molecule has 0 aromatic carbocycles. The Morgan fingerprint density at radius 2 is 2.35 bits per heavy atom. The van der Waals surface area contributed by atoms with Crippen LogP contribution in [0, 0.1) is 0 Å². The molecule has 0 saturated carbocycles. The molecule has 0 aliphatic heterocycles. The topological polar surface area (TPSA) is 69.0 Å². The molecule has 0 bridgehead atoms. The molecule has 0 fully saturated rings. The lowest BCUT2D eigenvalue weighted by Gasteiger charge is -2.08. The number of hydrogen-bond acceptors (Lipinski definition) is 4. The van der Waals surface area contributed by atoms with Crippen molar-refractivity contribution in [3.05, 3.63) is 36.3 Å². The first-order valence-corrected chi connectivity index (χ1v) is 6.48. The number of carbonyl (C=O) groups excluding carboxylic acids is 1. The molecule has 106 valence electrons. The summed E-state index contributed by atoms with van der Waals surface area (Å²) in [6.07, 6.45) is 5.38. The molecular weight excluding hydrogens is 256 g/mol. The van der Waals surface area contributed by atoms with Gasteiger partial charge in [0.05, 0.1) is 11.9 Å². The van der Waals surface area contributed by atoms with Crippen LogP contribution in [0.2, 0.25) is 0 Å². The van der Waals surface area contributed by atoms with Gasteiger partial charge in [0.2, 0.25) is 5.91 Å². The summed E-state index contributed by atoms with van der Waals surface area (Å²) >= 11 is 0. The molecule has 1 amide bonds. The van der Waals surface area contributed by atoms with Crippen molar-refractivity contribution in [3.63, 3.8) is 0 Å². The van der Waals surface area contributed by atoms with E-state index >= 15 is 0 Å². The average Bonchev–Trinajstić information content (AvgIpc) is 2.89. The predicted octanol–water partition coefficient (Wildman–Crippen LogP) is 1.13. The highest BCUT2D eigenvalue weighted by Crippen LogP contribution is 2.19. The predicted molar refractivity (Wildman–Crippen MR) is 74.8 cm³/mol. The Morgan fingerprint density at radius 3 is 3.05 bits per heavy atom. The van der Waals surface area contributed by atoms with Gasteiger partial charge in [-0.2, -0.15) is 5.10 Å². The monoisotopic (exact) mass is 274 g/mol. The van der Waals surface area contributed by atoms with Crippen LogP contribution in [0.25, 0.3) is 11.3 Å². The van der Waals surface area contributed by atoms with Crippen molar-refractivity contribution in [2.24, 2.45) is 7.05 Å². The average molecular weight is 274 g/mol. The molecule has 0 atom stereocenters. The largest absolute Gasteiger partial charge is 0.372 e. The summed E-state index contributed by atoms with van der Waals surface area (Å²) in [6, 6.07) is 3.79. The first kappa shape index (κ1) is 14.2. The Morgan fingerprint density at radius 1 is 1.50 bits per heavy atom. The molecule has 2 rings (SSSR count). The van der Waals surface area contributed by atoms with Crippen molar-refractivity contribution in [3.8, 4) is 11.3 Å². The maximum Gasteiger partial charge on any atom is 0.246 e. The number of nitrogens with one attached hydrogen (secondary N) is 1. The Kier molecular flexibility index (Phi) is 4.84. The van der Waals surface area contributed by atoms with Gasteiger partial charge in [0.25, 0.3) is 0 Å². The second-order valence-corrected chi connectivity index (χ2v) is 4.33. The lowest BCUT2D eigenvalue weighted by atomic mass is 10.1. The number of hydrogen-bond donors (Lipinski definition) is 1. The van der Waals surface area contributed by atoms with Gasteiger partial charge in [-0.1, -0.05) is 6.07 Å². The second-order valence-electron chi connectivity index (χ2n) is 4.33. The molecule has 0 saturated heterocycles. The van der Waals surface area contributed by atoms with Gasteiger partial charge < -0.3 is 10.1 Å². The van der Waals surface area contributed by atoms with E-state index in [1.807, 2.05) is 32.3 Å². The van der Waals surface area contributed by atoms with Gasteiger partial charge in [0.15, 0.2) is 0 Å². The Labute approximate surface area is 117 Å². The Bertz CT molecular complexity index is 580. The molecule has 0 aliphatic rings. The van der Waals surface area contributed by atoms with Crippen LogP contribution >= 0.6 is 0 Å². The van der Waals surface area contributed by atoms with Crippen molar-refractivity contribution in [1.82, 2.24) is 20.1 Å². The lowest BCUT2D eigenvalue weighted by Crippen LogP contribution is -2.27. The minimum Gasteiger partial charge on any atom is -0.372 e. The fourth-order valence-electron chi connectivity index (χ4n) is 1.82. The summed E-state index contributed by atoms with van der Waals surface area (Å²) in [6.45, 7) is 2.89. The molecule has 2 heterocycles. The summed E-state index contributed by atoms with van der Waals surface area (Å²) in [5.74, 6) is -0.132. The first-order chi connectivity index (χ1) is 9.70. The molecule has 2 aromatic rings. The molecule has 2 aromatic heterocycles. The number of ether oxygens (including phenoxy) is 1. The van der Waals surface area contributed by atoms with Crippen LogP contribution in [-0.2, 0) is 23.1 Å². The minimum absolute atomic E-state index is 0.0823. The summed E-state index contributed by atoms with van der Waals surface area (Å²) in [4.78, 5) is 15.9. The fraction of sp³-hybridized carbons (Fsp3) is 0.357. The van der Waals surface area contributed by atoms with E-state index in [0.29, 0.717) is 13.2 Å². The summed E-state index contributed by atoms with van der Waals surface area (Å²) in [5, 5.41) is 6.96. The number of pyridine rings is 1. The van der Waals surface area contributed by atoms with Gasteiger partial charge in [-0.05, 0) is 18.6 Å². The van der Waals surface area contributed by atoms with E-state index in [0.717, 1.165) is 16.8 Å². The maximum atomic E-state index is 11.6. The zero-order chi connectivity index (χ0) is 14.4. The number of carbonyl (C=O) groups is 1. The third-order valence-electron chi connectivity index (χ3n) is 2.78. The van der Waals surface area contributed by atoms with Crippen LogP contribution in [0.15, 0.2) is 30.7 Å². The summed E-state index contributed by atoms with van der Waals surface area (Å²) in [5.41, 5.74) is 2.71. The van der Waals surface area contributed by atoms with E-state index in [1.165, 1.54) is 0 Å². The van der Waals surface area contributed by atoms with Crippen LogP contribution in [0.4, 0.5) is 0 Å². The van der Waals surface area contributed by atoms with Crippen molar-refractivity contribution in [2.45, 2.75) is 13.5 Å². The van der Waals surface area contributed by atoms with Gasteiger partial charge in [-0.3, -0.25) is 14.5 Å². The van der Waals surface area contributed by atoms with Crippen molar-refractivity contribution >= 4 is 5.91 Å². The minimum atomic E-state index is -0.132. The fourth-order valence-corrected chi connectivity index (χ4v) is 1.82. The quantitative estimate of drug-likeness (QED) is 0.857. The molecule has 6 nitrogen and oxygen atoms in total. The number of rotatable bonds is 6. The van der Waals surface area contributed by atoms with E-state index in [9.17, 15) is 4.79 Å². The van der Waals surface area contributed by atoms with Crippen molar-refractivity contribution in [2.75, 3.05) is 13.2 Å². The number of nitrogens with zero attached hydrogens (tertiary/aromatic N) is 3. The van der Waals surface area contributed by atoms with Gasteiger partial charge in [-0.25, -0.2) is 0 Å². The lowest BCUT2D eigenvalue weighted by molar-refractivity contribution is -0.125. The summed E-state index contributed by atoms with van der Waals surface area (Å²) in [7, 11) is 1.86. The number of amides is 1. The first-order valence-electron chi connectivity index (χ1n) is 6.48. The van der Waals surface area contributed by atoms with Crippen molar-refractivity contribution in [1.29, 1.82) is 0 Å². The van der Waals surface area contributed by atoms with Crippen LogP contribution in [0.1, 0.15) is 12.5 Å². The molecule has 0 spiro atoms.